The van der Waals surface area contributed by atoms with Crippen molar-refractivity contribution in [2.24, 2.45) is 0 Å². The van der Waals surface area contributed by atoms with Crippen LogP contribution in [0.2, 0.25) is 0 Å². The summed E-state index contributed by atoms with van der Waals surface area (Å²) in [6.07, 6.45) is 0. The van der Waals surface area contributed by atoms with Gasteiger partial charge in [-0.25, -0.2) is 0 Å². The summed E-state index contributed by atoms with van der Waals surface area (Å²) in [5.74, 6) is 0. The van der Waals surface area contributed by atoms with Crippen LogP contribution in [0.1, 0.15) is 17.0 Å². The molecule has 0 aliphatic rings. The van der Waals surface area contributed by atoms with E-state index >= 15 is 0 Å². The first-order valence-electron chi connectivity index (χ1n) is 6.02. The van der Waals surface area contributed by atoms with Crippen LogP contribution in [0.5, 0.6) is 0 Å². The molecule has 18 heavy (non-hydrogen) atoms. The Bertz CT molecular complexity index is 494. The van der Waals surface area contributed by atoms with Gasteiger partial charge < -0.3 is 10.1 Å². The van der Waals surface area contributed by atoms with Crippen molar-refractivity contribution in [3.8, 4) is 0 Å². The number of pyridine rings is 1. The van der Waals surface area contributed by atoms with Crippen molar-refractivity contribution in [2.45, 2.75) is 20.1 Å². The molecule has 0 radical (unpaired) electrons. The average molecular weight is 242 g/mol. The standard InChI is InChI=1S/C15H18N2O/c1-12-4-3-5-15(17-12)10-16-14-8-6-13(7-9-14)11-18-2/h3-9,16H,10-11H2,1-2H3. The maximum Gasteiger partial charge on any atom is 0.0713 e. The molecule has 1 heterocycles. The SMILES string of the molecule is COCc1ccc(NCc2cccc(C)n2)cc1. The van der Waals surface area contributed by atoms with Crippen molar-refractivity contribution in [2.75, 3.05) is 12.4 Å². The molecular weight excluding hydrogens is 224 g/mol. The molecule has 0 spiro atoms. The summed E-state index contributed by atoms with van der Waals surface area (Å²) >= 11 is 0. The lowest BCUT2D eigenvalue weighted by molar-refractivity contribution is 0.185. The Morgan fingerprint density at radius 3 is 2.56 bits per heavy atom. The second kappa shape index (κ2) is 6.17. The number of nitrogens with one attached hydrogen (secondary N) is 1. The first-order valence-corrected chi connectivity index (χ1v) is 6.02. The Labute approximate surface area is 108 Å². The van der Waals surface area contributed by atoms with Crippen LogP contribution in [-0.2, 0) is 17.9 Å². The fourth-order valence-corrected chi connectivity index (χ4v) is 1.78. The molecule has 0 bridgehead atoms. The molecule has 94 valence electrons. The van der Waals surface area contributed by atoms with E-state index in [1.165, 1.54) is 5.56 Å². The van der Waals surface area contributed by atoms with Crippen LogP contribution in [0.4, 0.5) is 5.69 Å². The van der Waals surface area contributed by atoms with Gasteiger partial charge >= 0.3 is 0 Å². The fourth-order valence-electron chi connectivity index (χ4n) is 1.78. The maximum atomic E-state index is 5.08. The number of methoxy groups -OCH3 is 1. The minimum atomic E-state index is 0.652. The van der Waals surface area contributed by atoms with Crippen LogP contribution < -0.4 is 5.32 Å². The Morgan fingerprint density at radius 1 is 1.11 bits per heavy atom. The highest BCUT2D eigenvalue weighted by Gasteiger charge is 1.97. The maximum absolute atomic E-state index is 5.08. The molecule has 0 aliphatic carbocycles. The lowest BCUT2D eigenvalue weighted by atomic mass is 10.2. The van der Waals surface area contributed by atoms with Gasteiger partial charge in [0.1, 0.15) is 0 Å². The molecule has 1 aromatic heterocycles. The zero-order valence-electron chi connectivity index (χ0n) is 10.8. The van der Waals surface area contributed by atoms with Gasteiger partial charge in [-0.3, -0.25) is 4.98 Å². The number of hydrogen-bond donors (Lipinski definition) is 1. The predicted molar refractivity (Wildman–Crippen MR) is 73.5 cm³/mol. The predicted octanol–water partition coefficient (Wildman–Crippen LogP) is 3.15. The third-order valence-electron chi connectivity index (χ3n) is 2.68. The molecule has 3 nitrogen and oxygen atoms in total. The van der Waals surface area contributed by atoms with Crippen molar-refractivity contribution in [3.05, 3.63) is 59.4 Å². The van der Waals surface area contributed by atoms with Crippen molar-refractivity contribution in [1.82, 2.24) is 4.98 Å². The van der Waals surface area contributed by atoms with Crippen LogP contribution >= 0.6 is 0 Å². The molecule has 0 amide bonds. The van der Waals surface area contributed by atoms with E-state index in [9.17, 15) is 0 Å². The molecule has 0 fully saturated rings. The number of hydrogen-bond acceptors (Lipinski definition) is 3. The first kappa shape index (κ1) is 12.6. The molecule has 0 saturated heterocycles. The minimum absolute atomic E-state index is 0.652. The van der Waals surface area contributed by atoms with Crippen LogP contribution in [0.25, 0.3) is 0 Å². The third-order valence-corrected chi connectivity index (χ3v) is 2.68. The van der Waals surface area contributed by atoms with Crippen LogP contribution in [0.15, 0.2) is 42.5 Å². The zero-order chi connectivity index (χ0) is 12.8. The highest BCUT2D eigenvalue weighted by molar-refractivity contribution is 5.44. The Kier molecular flexibility index (Phi) is 4.31. The molecule has 0 aliphatic heterocycles. The van der Waals surface area contributed by atoms with Crippen molar-refractivity contribution in [3.63, 3.8) is 0 Å². The van der Waals surface area contributed by atoms with Gasteiger partial charge in [-0.1, -0.05) is 18.2 Å². The van der Waals surface area contributed by atoms with E-state index in [1.807, 2.05) is 25.1 Å². The van der Waals surface area contributed by atoms with Crippen molar-refractivity contribution < 1.29 is 4.74 Å². The van der Waals surface area contributed by atoms with Gasteiger partial charge in [-0.15, -0.1) is 0 Å². The Hall–Kier alpha value is -1.87. The average Bonchev–Trinajstić information content (AvgIpc) is 2.38. The van der Waals surface area contributed by atoms with E-state index in [4.69, 9.17) is 4.74 Å². The van der Waals surface area contributed by atoms with E-state index in [1.54, 1.807) is 7.11 Å². The van der Waals surface area contributed by atoms with Gasteiger partial charge in [-0.05, 0) is 36.8 Å². The van der Waals surface area contributed by atoms with Gasteiger partial charge in [0.2, 0.25) is 0 Å². The van der Waals surface area contributed by atoms with Crippen molar-refractivity contribution >= 4 is 5.69 Å². The summed E-state index contributed by atoms with van der Waals surface area (Å²) in [5.41, 5.74) is 4.37. The van der Waals surface area contributed by atoms with Gasteiger partial charge in [0.05, 0.1) is 18.8 Å². The van der Waals surface area contributed by atoms with E-state index in [-0.39, 0.29) is 0 Å². The first-order chi connectivity index (χ1) is 8.78. The summed E-state index contributed by atoms with van der Waals surface area (Å²) in [7, 11) is 1.70. The van der Waals surface area contributed by atoms with E-state index in [0.717, 1.165) is 23.6 Å². The minimum Gasteiger partial charge on any atom is -0.380 e. The second-order valence-corrected chi connectivity index (χ2v) is 4.25. The summed E-state index contributed by atoms with van der Waals surface area (Å²) in [5, 5.41) is 3.35. The molecule has 1 N–H and O–H groups in total. The summed E-state index contributed by atoms with van der Waals surface area (Å²) < 4.78 is 5.08. The zero-order valence-corrected chi connectivity index (χ0v) is 10.8. The highest BCUT2D eigenvalue weighted by atomic mass is 16.5. The summed E-state index contributed by atoms with van der Waals surface area (Å²) in [6.45, 7) is 3.40. The third kappa shape index (κ3) is 3.57. The molecule has 2 aromatic rings. The lowest BCUT2D eigenvalue weighted by Crippen LogP contribution is -2.02. The second-order valence-electron chi connectivity index (χ2n) is 4.25. The number of anilines is 1. The number of rotatable bonds is 5. The van der Waals surface area contributed by atoms with E-state index in [0.29, 0.717) is 6.61 Å². The van der Waals surface area contributed by atoms with E-state index in [2.05, 4.69) is 34.6 Å². The lowest BCUT2D eigenvalue weighted by Gasteiger charge is -2.07. The number of aryl methyl sites for hydroxylation is 1. The Morgan fingerprint density at radius 2 is 1.89 bits per heavy atom. The topological polar surface area (TPSA) is 34.1 Å². The normalized spacial score (nSPS) is 10.3. The molecular formula is C15H18N2O. The molecule has 0 atom stereocenters. The monoisotopic (exact) mass is 242 g/mol. The van der Waals surface area contributed by atoms with Crippen LogP contribution in [0.3, 0.4) is 0 Å². The number of nitrogens with zero attached hydrogens (tertiary/aromatic N) is 1. The van der Waals surface area contributed by atoms with Gasteiger partial charge in [0.15, 0.2) is 0 Å². The summed E-state index contributed by atoms with van der Waals surface area (Å²) in [4.78, 5) is 4.45. The van der Waals surface area contributed by atoms with Crippen molar-refractivity contribution in [1.29, 1.82) is 0 Å². The van der Waals surface area contributed by atoms with E-state index < -0.39 is 0 Å². The fraction of sp³-hybridized carbons (Fsp3) is 0.267. The van der Waals surface area contributed by atoms with Crippen LogP contribution in [0, 0.1) is 6.92 Å². The summed E-state index contributed by atoms with van der Waals surface area (Å²) in [6, 6.07) is 14.3. The number of benzene rings is 1. The number of ether oxygens (including phenoxy) is 1. The molecule has 2 rings (SSSR count). The smallest absolute Gasteiger partial charge is 0.0713 e. The number of aromatic nitrogens is 1. The largest absolute Gasteiger partial charge is 0.380 e. The molecule has 3 heteroatoms. The van der Waals surface area contributed by atoms with Gasteiger partial charge in [-0.2, -0.15) is 0 Å². The quantitative estimate of drug-likeness (QED) is 0.874. The van der Waals surface area contributed by atoms with Gasteiger partial charge in [0, 0.05) is 18.5 Å². The van der Waals surface area contributed by atoms with Crippen LogP contribution in [-0.4, -0.2) is 12.1 Å². The molecule has 0 unspecified atom stereocenters. The Balaban J connectivity index is 1.93. The molecule has 0 saturated carbocycles. The molecule has 1 aromatic carbocycles. The highest BCUT2D eigenvalue weighted by Crippen LogP contribution is 2.11. The van der Waals surface area contributed by atoms with Gasteiger partial charge in [0.25, 0.3) is 0 Å².